The first kappa shape index (κ1) is 15.3. The van der Waals surface area contributed by atoms with E-state index in [1.807, 2.05) is 26.8 Å². The highest BCUT2D eigenvalue weighted by Crippen LogP contribution is 2.22. The van der Waals surface area contributed by atoms with Crippen LogP contribution in [0.25, 0.3) is 0 Å². The maximum Gasteiger partial charge on any atom is 0.255 e. The van der Waals surface area contributed by atoms with Gasteiger partial charge in [-0.2, -0.15) is 0 Å². The van der Waals surface area contributed by atoms with E-state index in [0.717, 1.165) is 35.8 Å². The monoisotopic (exact) mass is 321 g/mol. The summed E-state index contributed by atoms with van der Waals surface area (Å²) in [4.78, 5) is 22.1. The lowest BCUT2D eigenvalue weighted by molar-refractivity contribution is 0.222. The van der Waals surface area contributed by atoms with Crippen LogP contribution in [0.1, 0.15) is 43.6 Å². The summed E-state index contributed by atoms with van der Waals surface area (Å²) in [7, 11) is 0. The number of hydrogen-bond acceptors (Lipinski definition) is 4. The van der Waals surface area contributed by atoms with E-state index >= 15 is 0 Å². The molecule has 1 aliphatic rings. The average molecular weight is 322 g/mol. The van der Waals surface area contributed by atoms with E-state index in [-0.39, 0.29) is 11.0 Å². The van der Waals surface area contributed by atoms with Crippen molar-refractivity contribution in [3.8, 4) is 0 Å². The maximum absolute atomic E-state index is 12.4. The van der Waals surface area contributed by atoms with Gasteiger partial charge < -0.3 is 9.40 Å². The van der Waals surface area contributed by atoms with E-state index in [4.69, 9.17) is 16.0 Å². The van der Waals surface area contributed by atoms with Crippen LogP contribution in [0.15, 0.2) is 21.3 Å². The fourth-order valence-electron chi connectivity index (χ4n) is 2.63. The van der Waals surface area contributed by atoms with Crippen molar-refractivity contribution in [3.05, 3.63) is 50.5 Å². The molecule has 1 aliphatic heterocycles. The molecule has 2 aromatic rings. The number of aromatic amines is 1. The number of fused-ring (bicyclic) bond motifs is 1. The summed E-state index contributed by atoms with van der Waals surface area (Å²) in [6, 6.07) is 3.60. The Labute approximate surface area is 134 Å². The minimum Gasteiger partial charge on any atom is -0.448 e. The van der Waals surface area contributed by atoms with Crippen LogP contribution in [-0.2, 0) is 24.9 Å². The maximum atomic E-state index is 12.4. The third-order valence-electron chi connectivity index (χ3n) is 3.87. The highest BCUT2D eigenvalue weighted by molar-refractivity contribution is 6.28. The van der Waals surface area contributed by atoms with Gasteiger partial charge in [-0.05, 0) is 23.7 Å². The Balaban J connectivity index is 1.83. The van der Waals surface area contributed by atoms with Crippen molar-refractivity contribution in [1.82, 2.24) is 14.9 Å². The van der Waals surface area contributed by atoms with Crippen molar-refractivity contribution in [1.29, 1.82) is 0 Å². The molecule has 0 bridgehead atoms. The molecule has 5 nitrogen and oxygen atoms in total. The number of aromatic nitrogens is 2. The molecule has 0 unspecified atom stereocenters. The third kappa shape index (κ3) is 3.10. The molecular formula is C16H20ClN3O2. The van der Waals surface area contributed by atoms with E-state index in [2.05, 4.69) is 14.9 Å². The Kier molecular flexibility index (Phi) is 3.87. The summed E-state index contributed by atoms with van der Waals surface area (Å²) in [5.74, 6) is 1.56. The van der Waals surface area contributed by atoms with Crippen LogP contribution in [-0.4, -0.2) is 21.4 Å². The molecule has 1 N–H and O–H groups in total. The molecule has 3 heterocycles. The van der Waals surface area contributed by atoms with Gasteiger partial charge in [-0.1, -0.05) is 20.8 Å². The minimum absolute atomic E-state index is 0.0305. The molecule has 0 amide bonds. The van der Waals surface area contributed by atoms with E-state index in [1.165, 1.54) is 0 Å². The molecule has 0 aromatic carbocycles. The van der Waals surface area contributed by atoms with Crippen LogP contribution >= 0.6 is 11.6 Å². The Morgan fingerprint density at radius 1 is 1.41 bits per heavy atom. The fraction of sp³-hybridized carbons (Fsp3) is 0.500. The van der Waals surface area contributed by atoms with Gasteiger partial charge in [0.05, 0.1) is 17.8 Å². The van der Waals surface area contributed by atoms with Crippen molar-refractivity contribution in [2.45, 2.75) is 45.7 Å². The number of hydrogen-bond donors (Lipinski definition) is 1. The van der Waals surface area contributed by atoms with Crippen LogP contribution < -0.4 is 5.56 Å². The van der Waals surface area contributed by atoms with Crippen LogP contribution in [0, 0.1) is 0 Å². The molecule has 0 saturated carbocycles. The van der Waals surface area contributed by atoms with Gasteiger partial charge in [-0.15, -0.1) is 0 Å². The Morgan fingerprint density at radius 2 is 2.18 bits per heavy atom. The van der Waals surface area contributed by atoms with Gasteiger partial charge in [-0.25, -0.2) is 4.98 Å². The lowest BCUT2D eigenvalue weighted by Gasteiger charge is -2.28. The molecule has 0 saturated heterocycles. The summed E-state index contributed by atoms with van der Waals surface area (Å²) in [5.41, 5.74) is 1.49. The summed E-state index contributed by atoms with van der Waals surface area (Å²) in [6.45, 7) is 8.23. The SMILES string of the molecule is CC(C)(C)c1nc2c(c(=O)[nH]1)CN(Cc1ccc(Cl)o1)CC2. The standard InChI is InChI=1S/C16H20ClN3O2/c1-16(2,3)15-18-12-6-7-20(9-11(12)14(21)19-15)8-10-4-5-13(17)22-10/h4-5H,6-9H2,1-3H3,(H,18,19,21). The molecule has 22 heavy (non-hydrogen) atoms. The highest BCUT2D eigenvalue weighted by atomic mass is 35.5. The first-order valence-electron chi connectivity index (χ1n) is 7.42. The molecule has 0 atom stereocenters. The number of halogens is 1. The van der Waals surface area contributed by atoms with Gasteiger partial charge in [0.25, 0.3) is 5.56 Å². The van der Waals surface area contributed by atoms with E-state index in [1.54, 1.807) is 6.07 Å². The molecular weight excluding hydrogens is 302 g/mol. The smallest absolute Gasteiger partial charge is 0.255 e. The van der Waals surface area contributed by atoms with Crippen molar-refractivity contribution in [2.75, 3.05) is 6.54 Å². The Bertz CT molecular complexity index is 743. The van der Waals surface area contributed by atoms with Gasteiger partial charge >= 0.3 is 0 Å². The summed E-state index contributed by atoms with van der Waals surface area (Å²) in [6.07, 6.45) is 0.775. The second-order valence-electron chi connectivity index (χ2n) is 6.76. The predicted molar refractivity (Wildman–Crippen MR) is 85.1 cm³/mol. The number of nitrogens with one attached hydrogen (secondary N) is 1. The number of H-pyrrole nitrogens is 1. The van der Waals surface area contributed by atoms with Crippen LogP contribution in [0.5, 0.6) is 0 Å². The van der Waals surface area contributed by atoms with E-state index in [9.17, 15) is 4.79 Å². The van der Waals surface area contributed by atoms with E-state index < -0.39 is 0 Å². The Hall–Kier alpha value is -1.59. The van der Waals surface area contributed by atoms with Gasteiger partial charge in [-0.3, -0.25) is 9.69 Å². The zero-order chi connectivity index (χ0) is 15.9. The summed E-state index contributed by atoms with van der Waals surface area (Å²) >= 11 is 5.79. The predicted octanol–water partition coefficient (Wildman–Crippen LogP) is 2.87. The number of furan rings is 1. The van der Waals surface area contributed by atoms with E-state index in [0.29, 0.717) is 18.3 Å². The quantitative estimate of drug-likeness (QED) is 0.924. The van der Waals surface area contributed by atoms with Crippen LogP contribution in [0.4, 0.5) is 0 Å². The third-order valence-corrected chi connectivity index (χ3v) is 4.07. The minimum atomic E-state index is -0.157. The molecule has 118 valence electrons. The lowest BCUT2D eigenvalue weighted by atomic mass is 9.95. The molecule has 3 rings (SSSR count). The normalized spacial score (nSPS) is 15.8. The molecule has 0 aliphatic carbocycles. The van der Waals surface area contributed by atoms with Crippen molar-refractivity contribution in [2.24, 2.45) is 0 Å². The highest BCUT2D eigenvalue weighted by Gasteiger charge is 2.25. The number of rotatable bonds is 2. The average Bonchev–Trinajstić information content (AvgIpc) is 2.83. The first-order chi connectivity index (χ1) is 10.3. The lowest BCUT2D eigenvalue weighted by Crippen LogP contribution is -2.37. The second kappa shape index (κ2) is 5.56. The topological polar surface area (TPSA) is 62.1 Å². The van der Waals surface area contributed by atoms with Crippen molar-refractivity contribution in [3.63, 3.8) is 0 Å². The summed E-state index contributed by atoms with van der Waals surface area (Å²) < 4.78 is 5.39. The Morgan fingerprint density at radius 3 is 2.82 bits per heavy atom. The van der Waals surface area contributed by atoms with Gasteiger partial charge in [0.15, 0.2) is 5.22 Å². The van der Waals surface area contributed by atoms with Crippen molar-refractivity contribution >= 4 is 11.6 Å². The number of nitrogens with zero attached hydrogens (tertiary/aromatic N) is 2. The second-order valence-corrected chi connectivity index (χ2v) is 7.13. The fourth-order valence-corrected chi connectivity index (χ4v) is 2.79. The van der Waals surface area contributed by atoms with Gasteiger partial charge in [0, 0.05) is 24.9 Å². The van der Waals surface area contributed by atoms with Gasteiger partial charge in [0.2, 0.25) is 0 Å². The van der Waals surface area contributed by atoms with Crippen LogP contribution in [0.2, 0.25) is 5.22 Å². The van der Waals surface area contributed by atoms with Gasteiger partial charge in [0.1, 0.15) is 11.6 Å². The molecule has 2 aromatic heterocycles. The zero-order valence-corrected chi connectivity index (χ0v) is 13.8. The molecule has 0 radical (unpaired) electrons. The van der Waals surface area contributed by atoms with Crippen molar-refractivity contribution < 1.29 is 4.42 Å². The molecule has 0 spiro atoms. The summed E-state index contributed by atoms with van der Waals surface area (Å²) in [5, 5.41) is 0.391. The zero-order valence-electron chi connectivity index (χ0n) is 13.1. The van der Waals surface area contributed by atoms with Crippen LogP contribution in [0.3, 0.4) is 0 Å². The molecule has 0 fully saturated rings. The molecule has 6 heteroatoms. The first-order valence-corrected chi connectivity index (χ1v) is 7.80. The largest absolute Gasteiger partial charge is 0.448 e.